The Morgan fingerprint density at radius 2 is 2.20 bits per heavy atom. The van der Waals surface area contributed by atoms with Crippen LogP contribution < -0.4 is 0 Å². The number of carbonyl (C=O) groups is 1. The minimum absolute atomic E-state index is 0.336. The zero-order valence-corrected chi connectivity index (χ0v) is 10.1. The second-order valence-corrected chi connectivity index (χ2v) is 5.20. The number of ketones is 1. The number of halogens is 1. The molecule has 1 aromatic heterocycles. The standard InChI is InChI=1S/C11H13BrN2O/c12-10-9-6-8(15)4-5-14(9)11(13-10)7-2-1-3-7/h7H,1-6H2. The zero-order valence-electron chi connectivity index (χ0n) is 8.50. The van der Waals surface area contributed by atoms with Crippen molar-refractivity contribution in [3.05, 3.63) is 16.1 Å². The van der Waals surface area contributed by atoms with Crippen molar-refractivity contribution in [2.45, 2.75) is 44.6 Å². The number of hydrogen-bond donors (Lipinski definition) is 0. The fourth-order valence-corrected chi connectivity index (χ4v) is 2.92. The van der Waals surface area contributed by atoms with Gasteiger partial charge in [0.2, 0.25) is 0 Å². The number of carbonyl (C=O) groups excluding carboxylic acids is 1. The van der Waals surface area contributed by atoms with Gasteiger partial charge in [0.15, 0.2) is 0 Å². The monoisotopic (exact) mass is 268 g/mol. The highest BCUT2D eigenvalue weighted by molar-refractivity contribution is 9.10. The Hall–Kier alpha value is -0.640. The van der Waals surface area contributed by atoms with Crippen molar-refractivity contribution in [2.24, 2.45) is 0 Å². The molecule has 1 fully saturated rings. The van der Waals surface area contributed by atoms with Gasteiger partial charge in [0.25, 0.3) is 0 Å². The largest absolute Gasteiger partial charge is 0.330 e. The van der Waals surface area contributed by atoms with Crippen molar-refractivity contribution in [1.82, 2.24) is 9.55 Å². The molecule has 80 valence electrons. The van der Waals surface area contributed by atoms with Gasteiger partial charge in [-0.3, -0.25) is 4.79 Å². The molecule has 0 bridgehead atoms. The molecule has 3 nitrogen and oxygen atoms in total. The summed E-state index contributed by atoms with van der Waals surface area (Å²) in [5, 5.41) is 0. The van der Waals surface area contributed by atoms with E-state index in [1.165, 1.54) is 25.1 Å². The fraction of sp³-hybridized carbons (Fsp3) is 0.636. The first-order valence-corrected chi connectivity index (χ1v) is 6.31. The van der Waals surface area contributed by atoms with E-state index in [9.17, 15) is 4.79 Å². The maximum Gasteiger partial charge on any atom is 0.140 e. The fourth-order valence-electron chi connectivity index (χ4n) is 2.38. The summed E-state index contributed by atoms with van der Waals surface area (Å²) in [6.45, 7) is 0.832. The van der Waals surface area contributed by atoms with Gasteiger partial charge in [0.05, 0.1) is 5.69 Å². The summed E-state index contributed by atoms with van der Waals surface area (Å²) in [5.41, 5.74) is 1.09. The van der Waals surface area contributed by atoms with Crippen LogP contribution in [0, 0.1) is 0 Å². The first-order valence-electron chi connectivity index (χ1n) is 5.52. The summed E-state index contributed by atoms with van der Waals surface area (Å²) in [4.78, 5) is 16.0. The van der Waals surface area contributed by atoms with E-state index >= 15 is 0 Å². The molecule has 0 spiro atoms. The van der Waals surface area contributed by atoms with E-state index in [1.54, 1.807) is 0 Å². The number of Topliss-reactive ketones (excluding diaryl/α,β-unsaturated/α-hetero) is 1. The van der Waals surface area contributed by atoms with Gasteiger partial charge in [0, 0.05) is 25.3 Å². The quantitative estimate of drug-likeness (QED) is 0.784. The predicted molar refractivity (Wildman–Crippen MR) is 59.8 cm³/mol. The Labute approximate surface area is 97.0 Å². The van der Waals surface area contributed by atoms with Crippen molar-refractivity contribution >= 4 is 21.7 Å². The molecule has 0 saturated heterocycles. The molecule has 0 aromatic carbocycles. The highest BCUT2D eigenvalue weighted by Gasteiger charge is 2.29. The topological polar surface area (TPSA) is 34.9 Å². The molecule has 1 aliphatic carbocycles. The van der Waals surface area contributed by atoms with Crippen LogP contribution in [-0.2, 0) is 17.8 Å². The zero-order chi connectivity index (χ0) is 10.4. The van der Waals surface area contributed by atoms with E-state index in [1.807, 2.05) is 0 Å². The van der Waals surface area contributed by atoms with Crippen molar-refractivity contribution in [1.29, 1.82) is 0 Å². The van der Waals surface area contributed by atoms with Crippen LogP contribution in [0.2, 0.25) is 0 Å². The lowest BCUT2D eigenvalue weighted by Gasteiger charge is -2.27. The molecule has 0 amide bonds. The third kappa shape index (κ3) is 1.46. The average molecular weight is 269 g/mol. The van der Waals surface area contributed by atoms with Gasteiger partial charge in [0.1, 0.15) is 16.2 Å². The molecule has 3 rings (SSSR count). The van der Waals surface area contributed by atoms with E-state index in [0.717, 1.165) is 16.8 Å². The molecule has 15 heavy (non-hydrogen) atoms. The van der Waals surface area contributed by atoms with Crippen LogP contribution in [0.3, 0.4) is 0 Å². The average Bonchev–Trinajstić information content (AvgIpc) is 2.41. The first kappa shape index (κ1) is 9.58. The van der Waals surface area contributed by atoms with Crippen molar-refractivity contribution in [3.63, 3.8) is 0 Å². The van der Waals surface area contributed by atoms with Gasteiger partial charge in [-0.05, 0) is 28.8 Å². The molecule has 1 aliphatic heterocycles. The molecular weight excluding hydrogens is 256 g/mol. The van der Waals surface area contributed by atoms with Crippen molar-refractivity contribution in [3.8, 4) is 0 Å². The van der Waals surface area contributed by atoms with Gasteiger partial charge in [-0.15, -0.1) is 0 Å². The van der Waals surface area contributed by atoms with Crippen LogP contribution in [0.5, 0.6) is 0 Å². The lowest BCUT2D eigenvalue weighted by Crippen LogP contribution is -2.23. The van der Waals surface area contributed by atoms with E-state index in [0.29, 0.717) is 24.5 Å². The molecule has 4 heteroatoms. The van der Waals surface area contributed by atoms with Crippen LogP contribution in [-0.4, -0.2) is 15.3 Å². The molecule has 0 atom stereocenters. The van der Waals surface area contributed by atoms with Gasteiger partial charge in [-0.2, -0.15) is 0 Å². The number of aromatic nitrogens is 2. The van der Waals surface area contributed by atoms with Crippen LogP contribution in [0.1, 0.15) is 43.1 Å². The summed E-state index contributed by atoms with van der Waals surface area (Å²) in [6.07, 6.45) is 5.08. The molecule has 1 aromatic rings. The van der Waals surface area contributed by atoms with Crippen LogP contribution in [0.25, 0.3) is 0 Å². The minimum Gasteiger partial charge on any atom is -0.330 e. The van der Waals surface area contributed by atoms with Crippen molar-refractivity contribution < 1.29 is 4.79 Å². The Balaban J connectivity index is 2.02. The van der Waals surface area contributed by atoms with E-state index in [-0.39, 0.29) is 0 Å². The Morgan fingerprint density at radius 3 is 2.87 bits per heavy atom. The maximum atomic E-state index is 11.4. The van der Waals surface area contributed by atoms with Gasteiger partial charge >= 0.3 is 0 Å². The third-order valence-corrected chi connectivity index (χ3v) is 4.14. The molecule has 0 radical (unpaired) electrons. The number of fused-ring (bicyclic) bond motifs is 1. The molecule has 0 unspecified atom stereocenters. The number of rotatable bonds is 1. The van der Waals surface area contributed by atoms with E-state index in [2.05, 4.69) is 25.5 Å². The molecule has 0 N–H and O–H groups in total. The Morgan fingerprint density at radius 1 is 1.40 bits per heavy atom. The third-order valence-electron chi connectivity index (χ3n) is 3.50. The SMILES string of the molecule is O=C1CCn2c(C3CCC3)nc(Br)c2C1. The summed E-state index contributed by atoms with van der Waals surface area (Å²) in [7, 11) is 0. The maximum absolute atomic E-state index is 11.4. The number of nitrogens with zero attached hydrogens (tertiary/aromatic N) is 2. The lowest BCUT2D eigenvalue weighted by molar-refractivity contribution is -0.119. The van der Waals surface area contributed by atoms with Crippen LogP contribution >= 0.6 is 15.9 Å². The van der Waals surface area contributed by atoms with Crippen LogP contribution in [0.15, 0.2) is 4.60 Å². The van der Waals surface area contributed by atoms with Gasteiger partial charge in [-0.25, -0.2) is 4.98 Å². The summed E-state index contributed by atoms with van der Waals surface area (Å²) >= 11 is 3.47. The van der Waals surface area contributed by atoms with Crippen molar-refractivity contribution in [2.75, 3.05) is 0 Å². The minimum atomic E-state index is 0.336. The highest BCUT2D eigenvalue weighted by atomic mass is 79.9. The summed E-state index contributed by atoms with van der Waals surface area (Å²) in [6, 6.07) is 0. The number of imidazole rings is 1. The second-order valence-electron chi connectivity index (χ2n) is 4.45. The smallest absolute Gasteiger partial charge is 0.140 e. The highest BCUT2D eigenvalue weighted by Crippen LogP contribution is 2.38. The Bertz CT molecular complexity index is 420. The summed E-state index contributed by atoms with van der Waals surface area (Å²) < 4.78 is 3.15. The molecule has 2 heterocycles. The Kier molecular flexibility index (Phi) is 2.20. The molecular formula is C11H13BrN2O. The lowest BCUT2D eigenvalue weighted by atomic mass is 9.84. The second kappa shape index (κ2) is 3.44. The normalized spacial score (nSPS) is 21.3. The van der Waals surface area contributed by atoms with Gasteiger partial charge in [-0.1, -0.05) is 6.42 Å². The molecule has 2 aliphatic rings. The van der Waals surface area contributed by atoms with Gasteiger partial charge < -0.3 is 4.57 Å². The van der Waals surface area contributed by atoms with E-state index < -0.39 is 0 Å². The van der Waals surface area contributed by atoms with Crippen LogP contribution in [0.4, 0.5) is 0 Å². The molecule has 1 saturated carbocycles. The number of hydrogen-bond acceptors (Lipinski definition) is 2. The van der Waals surface area contributed by atoms with E-state index in [4.69, 9.17) is 0 Å². The summed E-state index contributed by atoms with van der Waals surface area (Å²) in [5.74, 6) is 2.18. The first-order chi connectivity index (χ1) is 7.25. The predicted octanol–water partition coefficient (Wildman–Crippen LogP) is 2.43.